The van der Waals surface area contributed by atoms with Crippen LogP contribution in [-0.2, 0) is 23.9 Å². The number of carboxylic acid groups (broad SMARTS) is 1. The van der Waals surface area contributed by atoms with E-state index < -0.39 is 58.8 Å². The minimum absolute atomic E-state index is 0.0251. The fraction of sp³-hybridized carbons (Fsp3) is 0.600. The maximum atomic E-state index is 14.6. The van der Waals surface area contributed by atoms with Gasteiger partial charge in [0, 0.05) is 27.8 Å². The van der Waals surface area contributed by atoms with Crippen molar-refractivity contribution in [2.45, 2.75) is 76.9 Å². The Kier molecular flexibility index (Phi) is 9.78. The largest absolute Gasteiger partial charge is 0.480 e. The smallest absolute Gasteiger partial charge is 0.322 e. The first-order chi connectivity index (χ1) is 18.7. The number of nitrogens with one attached hydrogen (secondary N) is 1. The van der Waals surface area contributed by atoms with Gasteiger partial charge in [-0.15, -0.1) is 18.3 Å². The molecule has 7 atom stereocenters. The van der Waals surface area contributed by atoms with E-state index in [1.54, 1.807) is 24.3 Å². The topological polar surface area (TPSA) is 156 Å². The summed E-state index contributed by atoms with van der Waals surface area (Å²) in [6, 6.07) is 7.19. The Balaban J connectivity index is 1.94. The highest BCUT2D eigenvalue weighted by molar-refractivity contribution is 8.00. The maximum Gasteiger partial charge on any atom is 0.322 e. The molecule has 2 aliphatic rings. The summed E-state index contributed by atoms with van der Waals surface area (Å²) in [5, 5.41) is 22.9. The molecule has 2 bridgehead atoms. The van der Waals surface area contributed by atoms with Gasteiger partial charge in [0.1, 0.15) is 18.4 Å². The number of amides is 1. The van der Waals surface area contributed by atoms with Crippen molar-refractivity contribution in [3.05, 3.63) is 36.9 Å². The molecule has 0 heterocycles. The van der Waals surface area contributed by atoms with E-state index in [2.05, 4.69) is 11.9 Å². The van der Waals surface area contributed by atoms with E-state index in [-0.39, 0.29) is 36.7 Å². The van der Waals surface area contributed by atoms with Crippen LogP contribution in [0, 0.1) is 28.1 Å². The molecule has 10 heteroatoms. The third-order valence-corrected chi connectivity index (χ3v) is 10.5. The van der Waals surface area contributed by atoms with Gasteiger partial charge >= 0.3 is 11.9 Å². The molecule has 0 aliphatic heterocycles. The van der Waals surface area contributed by atoms with Crippen LogP contribution in [-0.4, -0.2) is 58.3 Å². The SMILES string of the molecule is C=C[C@]1(C)C[C@@H](OC(=O)CSc2cccc(N)c2)[C@@]2(C)C(=O)[C@](CCC(=O)NCC(=O)O)(CCC2C)[C@@H](C)[C@@H]1O. The van der Waals surface area contributed by atoms with Gasteiger partial charge in [0.05, 0.1) is 17.3 Å². The number of aliphatic hydroxyl groups excluding tert-OH is 1. The van der Waals surface area contributed by atoms with Gasteiger partial charge in [-0.05, 0) is 62.6 Å². The zero-order valence-corrected chi connectivity index (χ0v) is 24.6. The van der Waals surface area contributed by atoms with Crippen LogP contribution in [0.2, 0.25) is 0 Å². The molecule has 9 nitrogen and oxygen atoms in total. The van der Waals surface area contributed by atoms with Crippen molar-refractivity contribution in [3.8, 4) is 0 Å². The van der Waals surface area contributed by atoms with Crippen molar-refractivity contribution < 1.29 is 34.1 Å². The number of ketones is 1. The number of anilines is 1. The molecule has 1 aromatic rings. The van der Waals surface area contributed by atoms with Gasteiger partial charge in [-0.3, -0.25) is 19.2 Å². The average Bonchev–Trinajstić information content (AvgIpc) is 2.92. The lowest BCUT2D eigenvalue weighted by atomic mass is 9.46. The number of benzene rings is 1. The zero-order valence-electron chi connectivity index (χ0n) is 23.8. The highest BCUT2D eigenvalue weighted by Gasteiger charge is 2.64. The number of esters is 1. The Labute approximate surface area is 240 Å². The lowest BCUT2D eigenvalue weighted by molar-refractivity contribution is -0.191. The van der Waals surface area contributed by atoms with Gasteiger partial charge in [0.25, 0.3) is 0 Å². The standard InChI is InChI=1S/C30H42N2O7S/c1-6-28(4)15-22(39-25(36)17-40-21-9-7-8-20(31)14-21)29(5)18(2)10-12-30(27(29)38,19(3)26(28)37)13-11-23(33)32-16-24(34)35/h6-9,14,18-19,22,26,37H,1,10-13,15-17,31H2,2-5H3,(H,32,33)(H,34,35)/t18?,19-,22+,26-,28+,29-,30-/m0/s1. The Morgan fingerprint density at radius 1 is 1.27 bits per heavy atom. The number of carbonyl (C=O) groups is 4. The summed E-state index contributed by atoms with van der Waals surface area (Å²) in [6.07, 6.45) is 1.27. The second-order valence-electron chi connectivity index (χ2n) is 11.9. The highest BCUT2D eigenvalue weighted by Crippen LogP contribution is 2.60. The summed E-state index contributed by atoms with van der Waals surface area (Å²) in [4.78, 5) is 52.0. The van der Waals surface area contributed by atoms with E-state index in [1.165, 1.54) is 11.8 Å². The number of Topliss-reactive ketones (excluding diaryl/α,β-unsaturated/α-hetero) is 1. The average molecular weight is 575 g/mol. The first-order valence-electron chi connectivity index (χ1n) is 13.7. The predicted octanol–water partition coefficient (Wildman–Crippen LogP) is 3.84. The minimum Gasteiger partial charge on any atom is -0.480 e. The number of rotatable bonds is 10. The van der Waals surface area contributed by atoms with Crippen LogP contribution in [0.15, 0.2) is 41.8 Å². The molecule has 1 amide bonds. The second-order valence-corrected chi connectivity index (χ2v) is 12.9. The van der Waals surface area contributed by atoms with Crippen LogP contribution >= 0.6 is 11.8 Å². The number of aliphatic hydroxyl groups is 1. The number of nitrogen functional groups attached to an aromatic ring is 1. The molecule has 1 unspecified atom stereocenters. The van der Waals surface area contributed by atoms with Gasteiger partial charge in [-0.1, -0.05) is 32.9 Å². The summed E-state index contributed by atoms with van der Waals surface area (Å²) >= 11 is 1.29. The van der Waals surface area contributed by atoms with Crippen molar-refractivity contribution in [2.24, 2.45) is 28.1 Å². The van der Waals surface area contributed by atoms with Gasteiger partial charge in [-0.2, -0.15) is 0 Å². The monoisotopic (exact) mass is 574 g/mol. The Bertz CT molecular complexity index is 1160. The molecule has 2 saturated carbocycles. The number of carbonyl (C=O) groups excluding carboxylic acids is 3. The number of carboxylic acids is 1. The van der Waals surface area contributed by atoms with Crippen molar-refractivity contribution in [2.75, 3.05) is 18.0 Å². The maximum absolute atomic E-state index is 14.6. The molecule has 0 saturated heterocycles. The first kappa shape index (κ1) is 31.7. The quantitative estimate of drug-likeness (QED) is 0.141. The molecule has 1 aromatic carbocycles. The Morgan fingerprint density at radius 3 is 2.60 bits per heavy atom. The van der Waals surface area contributed by atoms with E-state index in [0.717, 1.165) is 4.90 Å². The van der Waals surface area contributed by atoms with Gasteiger partial charge < -0.3 is 26.0 Å². The van der Waals surface area contributed by atoms with Crippen LogP contribution in [0.1, 0.15) is 59.8 Å². The molecule has 0 spiro atoms. The number of ether oxygens (including phenoxy) is 1. The molecule has 2 aliphatic carbocycles. The molecule has 2 fully saturated rings. The molecule has 0 radical (unpaired) electrons. The van der Waals surface area contributed by atoms with Crippen molar-refractivity contribution >= 4 is 41.1 Å². The van der Waals surface area contributed by atoms with Crippen molar-refractivity contribution in [3.63, 3.8) is 0 Å². The minimum atomic E-state index is -1.16. The van der Waals surface area contributed by atoms with E-state index in [4.69, 9.17) is 15.6 Å². The van der Waals surface area contributed by atoms with Crippen LogP contribution in [0.5, 0.6) is 0 Å². The molecule has 40 heavy (non-hydrogen) atoms. The number of hydrogen-bond acceptors (Lipinski definition) is 8. The van der Waals surface area contributed by atoms with Gasteiger partial charge in [0.15, 0.2) is 0 Å². The third kappa shape index (κ3) is 6.22. The zero-order chi connectivity index (χ0) is 29.9. The van der Waals surface area contributed by atoms with Crippen LogP contribution in [0.4, 0.5) is 5.69 Å². The summed E-state index contributed by atoms with van der Waals surface area (Å²) in [7, 11) is 0. The predicted molar refractivity (Wildman–Crippen MR) is 153 cm³/mol. The highest BCUT2D eigenvalue weighted by atomic mass is 32.2. The fourth-order valence-corrected chi connectivity index (χ4v) is 7.27. The number of thioether (sulfide) groups is 1. The summed E-state index contributed by atoms with van der Waals surface area (Å²) in [5.74, 6) is -2.83. The second kappa shape index (κ2) is 12.3. The molecular formula is C30H42N2O7S. The van der Waals surface area contributed by atoms with E-state index in [9.17, 15) is 24.3 Å². The molecule has 220 valence electrons. The van der Waals surface area contributed by atoms with Gasteiger partial charge in [-0.25, -0.2) is 0 Å². The van der Waals surface area contributed by atoms with Crippen molar-refractivity contribution in [1.29, 1.82) is 0 Å². The first-order valence-corrected chi connectivity index (χ1v) is 14.7. The number of fused-ring (bicyclic) bond motifs is 2. The molecular weight excluding hydrogens is 532 g/mol. The van der Waals surface area contributed by atoms with Crippen LogP contribution in [0.25, 0.3) is 0 Å². The summed E-state index contributed by atoms with van der Waals surface area (Å²) < 4.78 is 6.11. The normalized spacial score (nSPS) is 33.8. The molecule has 0 aromatic heterocycles. The van der Waals surface area contributed by atoms with E-state index in [1.807, 2.05) is 33.8 Å². The Morgan fingerprint density at radius 2 is 1.98 bits per heavy atom. The number of nitrogens with two attached hydrogens (primary N) is 1. The molecule has 3 rings (SSSR count). The van der Waals surface area contributed by atoms with E-state index in [0.29, 0.717) is 18.5 Å². The summed E-state index contributed by atoms with van der Waals surface area (Å²) in [6.45, 7) is 11.0. The number of hydrogen-bond donors (Lipinski definition) is 4. The fourth-order valence-electron chi connectivity index (χ4n) is 6.52. The van der Waals surface area contributed by atoms with Crippen LogP contribution < -0.4 is 11.1 Å². The lowest BCUT2D eigenvalue weighted by Gasteiger charge is -2.58. The summed E-state index contributed by atoms with van der Waals surface area (Å²) in [5.41, 5.74) is 3.44. The molecule has 5 N–H and O–H groups in total. The van der Waals surface area contributed by atoms with E-state index >= 15 is 0 Å². The Hall–Kier alpha value is -2.85. The lowest BCUT2D eigenvalue weighted by Crippen LogP contribution is -2.64. The van der Waals surface area contributed by atoms with Crippen molar-refractivity contribution in [1.82, 2.24) is 5.32 Å². The van der Waals surface area contributed by atoms with Gasteiger partial charge in [0.2, 0.25) is 5.91 Å². The van der Waals surface area contributed by atoms with Crippen LogP contribution in [0.3, 0.4) is 0 Å². The third-order valence-electron chi connectivity index (χ3n) is 9.49. The number of aliphatic carboxylic acids is 1.